The van der Waals surface area contributed by atoms with Crippen LogP contribution in [0.1, 0.15) is 26.7 Å². The molecule has 1 rings (SSSR count). The molecule has 0 spiro atoms. The lowest BCUT2D eigenvalue weighted by Gasteiger charge is -2.36. The van der Waals surface area contributed by atoms with E-state index in [2.05, 4.69) is 11.8 Å². The molecule has 1 heterocycles. The second-order valence-electron chi connectivity index (χ2n) is 4.65. The second-order valence-corrected chi connectivity index (χ2v) is 4.65. The minimum atomic E-state index is -1.13. The van der Waals surface area contributed by atoms with Crippen LogP contribution >= 0.6 is 0 Å². The van der Waals surface area contributed by atoms with Crippen molar-refractivity contribution in [2.75, 3.05) is 26.3 Å². The summed E-state index contributed by atoms with van der Waals surface area (Å²) in [5.41, 5.74) is 4.58. The van der Waals surface area contributed by atoms with Crippen molar-refractivity contribution >= 4 is 5.97 Å². The number of morpholine rings is 1. The van der Waals surface area contributed by atoms with Gasteiger partial charge in [0.15, 0.2) is 0 Å². The monoisotopic (exact) mass is 230 g/mol. The first-order valence-corrected chi connectivity index (χ1v) is 5.81. The Morgan fingerprint density at radius 1 is 1.69 bits per heavy atom. The largest absolute Gasteiger partial charge is 0.480 e. The van der Waals surface area contributed by atoms with Gasteiger partial charge in [0, 0.05) is 19.1 Å². The van der Waals surface area contributed by atoms with Crippen molar-refractivity contribution in [3.63, 3.8) is 0 Å². The Bertz CT molecular complexity index is 243. The molecule has 0 aromatic carbocycles. The van der Waals surface area contributed by atoms with E-state index in [0.29, 0.717) is 12.5 Å². The van der Waals surface area contributed by atoms with Crippen molar-refractivity contribution < 1.29 is 14.6 Å². The second kappa shape index (κ2) is 5.61. The number of carbonyl (C=O) groups is 1. The van der Waals surface area contributed by atoms with Crippen LogP contribution in [0, 0.1) is 0 Å². The summed E-state index contributed by atoms with van der Waals surface area (Å²) in [6.45, 7) is 6.74. The van der Waals surface area contributed by atoms with E-state index in [1.54, 1.807) is 6.92 Å². The molecule has 94 valence electrons. The van der Waals surface area contributed by atoms with Crippen LogP contribution in [-0.4, -0.2) is 53.9 Å². The summed E-state index contributed by atoms with van der Waals surface area (Å²) >= 11 is 0. The first-order valence-electron chi connectivity index (χ1n) is 5.81. The average Bonchev–Trinajstić information content (AvgIpc) is 2.26. The molecule has 0 amide bonds. The van der Waals surface area contributed by atoms with Gasteiger partial charge in [0.25, 0.3) is 0 Å². The smallest absolute Gasteiger partial charge is 0.323 e. The molecular formula is C11H22N2O3. The van der Waals surface area contributed by atoms with E-state index in [1.165, 1.54) is 0 Å². The van der Waals surface area contributed by atoms with Crippen LogP contribution in [0.2, 0.25) is 0 Å². The highest BCUT2D eigenvalue weighted by molar-refractivity contribution is 5.77. The van der Waals surface area contributed by atoms with Gasteiger partial charge in [0.1, 0.15) is 5.54 Å². The van der Waals surface area contributed by atoms with Crippen LogP contribution in [0.15, 0.2) is 0 Å². The van der Waals surface area contributed by atoms with Crippen LogP contribution in [0.25, 0.3) is 0 Å². The molecule has 0 aromatic rings. The van der Waals surface area contributed by atoms with Gasteiger partial charge in [-0.25, -0.2) is 0 Å². The average molecular weight is 230 g/mol. The van der Waals surface area contributed by atoms with E-state index in [-0.39, 0.29) is 0 Å². The Morgan fingerprint density at radius 2 is 2.38 bits per heavy atom. The van der Waals surface area contributed by atoms with E-state index >= 15 is 0 Å². The Morgan fingerprint density at radius 3 is 2.94 bits per heavy atom. The van der Waals surface area contributed by atoms with Gasteiger partial charge in [-0.3, -0.25) is 9.69 Å². The minimum Gasteiger partial charge on any atom is -0.480 e. The number of rotatable bonds is 5. The third-order valence-corrected chi connectivity index (χ3v) is 3.23. The third-order valence-electron chi connectivity index (χ3n) is 3.23. The lowest BCUT2D eigenvalue weighted by atomic mass is 9.98. The zero-order valence-electron chi connectivity index (χ0n) is 10.1. The molecule has 0 bridgehead atoms. The zero-order chi connectivity index (χ0) is 12.2. The normalized spacial score (nSPS) is 26.3. The standard InChI is InChI=1S/C11H22N2O3/c1-3-9-8-16-7-6-13(9)5-4-11(2,12)10(14)15/h9H,3-8,12H2,1-2H3,(H,14,15). The number of nitrogens with zero attached hydrogens (tertiary/aromatic N) is 1. The lowest BCUT2D eigenvalue weighted by Crippen LogP contribution is -2.51. The maximum atomic E-state index is 10.9. The number of aliphatic carboxylic acids is 1. The van der Waals surface area contributed by atoms with Crippen molar-refractivity contribution in [1.29, 1.82) is 0 Å². The fourth-order valence-electron chi connectivity index (χ4n) is 1.84. The number of nitrogens with two attached hydrogens (primary N) is 1. The maximum Gasteiger partial charge on any atom is 0.323 e. The minimum absolute atomic E-state index is 0.401. The van der Waals surface area contributed by atoms with Crippen molar-refractivity contribution in [3.05, 3.63) is 0 Å². The molecule has 1 aliphatic rings. The number of ether oxygens (including phenoxy) is 1. The molecule has 3 N–H and O–H groups in total. The number of carboxylic acids is 1. The molecule has 0 saturated carbocycles. The first-order chi connectivity index (χ1) is 7.47. The van der Waals surface area contributed by atoms with Gasteiger partial charge in [0.05, 0.1) is 13.2 Å². The van der Waals surface area contributed by atoms with E-state index < -0.39 is 11.5 Å². The van der Waals surface area contributed by atoms with Crippen molar-refractivity contribution in [2.45, 2.75) is 38.3 Å². The molecule has 1 fully saturated rings. The van der Waals surface area contributed by atoms with E-state index in [1.807, 2.05) is 0 Å². The fourth-order valence-corrected chi connectivity index (χ4v) is 1.84. The molecule has 16 heavy (non-hydrogen) atoms. The fraction of sp³-hybridized carbons (Fsp3) is 0.909. The molecular weight excluding hydrogens is 208 g/mol. The predicted molar refractivity (Wildman–Crippen MR) is 61.3 cm³/mol. The highest BCUT2D eigenvalue weighted by Crippen LogP contribution is 2.14. The van der Waals surface area contributed by atoms with Gasteiger partial charge in [-0.15, -0.1) is 0 Å². The molecule has 2 atom stereocenters. The molecule has 0 radical (unpaired) electrons. The third kappa shape index (κ3) is 3.43. The van der Waals surface area contributed by atoms with Crippen LogP contribution in [0.3, 0.4) is 0 Å². The number of hydrogen-bond acceptors (Lipinski definition) is 4. The van der Waals surface area contributed by atoms with Crippen LogP contribution < -0.4 is 5.73 Å². The van der Waals surface area contributed by atoms with Gasteiger partial charge in [-0.05, 0) is 19.8 Å². The summed E-state index contributed by atoms with van der Waals surface area (Å²) in [7, 11) is 0. The Labute approximate surface area is 96.6 Å². The summed E-state index contributed by atoms with van der Waals surface area (Å²) in [5, 5.41) is 8.93. The van der Waals surface area contributed by atoms with E-state index in [4.69, 9.17) is 15.6 Å². The van der Waals surface area contributed by atoms with E-state index in [9.17, 15) is 4.79 Å². The summed E-state index contributed by atoms with van der Waals surface area (Å²) in [5.74, 6) is -0.936. The van der Waals surface area contributed by atoms with Gasteiger partial charge < -0.3 is 15.6 Å². The Kier molecular flexibility index (Phi) is 4.70. The van der Waals surface area contributed by atoms with E-state index in [0.717, 1.165) is 32.7 Å². The predicted octanol–water partition coefficient (Wildman–Crippen LogP) is 0.289. The summed E-state index contributed by atoms with van der Waals surface area (Å²) < 4.78 is 5.39. The molecule has 0 aliphatic carbocycles. The molecule has 5 heteroatoms. The summed E-state index contributed by atoms with van der Waals surface area (Å²) in [6.07, 6.45) is 1.49. The SMILES string of the molecule is CCC1COCCN1CCC(C)(N)C(=O)O. The maximum absolute atomic E-state index is 10.9. The molecule has 2 unspecified atom stereocenters. The zero-order valence-corrected chi connectivity index (χ0v) is 10.1. The summed E-state index contributed by atoms with van der Waals surface area (Å²) in [4.78, 5) is 13.2. The lowest BCUT2D eigenvalue weighted by molar-refractivity contribution is -0.143. The summed E-state index contributed by atoms with van der Waals surface area (Å²) in [6, 6.07) is 0.401. The van der Waals surface area contributed by atoms with Crippen molar-refractivity contribution in [3.8, 4) is 0 Å². The van der Waals surface area contributed by atoms with Crippen molar-refractivity contribution in [1.82, 2.24) is 4.90 Å². The van der Waals surface area contributed by atoms with Gasteiger partial charge in [-0.2, -0.15) is 0 Å². The van der Waals surface area contributed by atoms with Gasteiger partial charge >= 0.3 is 5.97 Å². The number of carboxylic acid groups (broad SMARTS) is 1. The molecule has 1 saturated heterocycles. The highest BCUT2D eigenvalue weighted by atomic mass is 16.5. The number of hydrogen-bond donors (Lipinski definition) is 2. The van der Waals surface area contributed by atoms with Crippen LogP contribution in [0.4, 0.5) is 0 Å². The molecule has 1 aliphatic heterocycles. The topological polar surface area (TPSA) is 75.8 Å². The molecule has 0 aromatic heterocycles. The Balaban J connectivity index is 2.43. The van der Waals surface area contributed by atoms with Gasteiger partial charge in [0.2, 0.25) is 0 Å². The Hall–Kier alpha value is -0.650. The van der Waals surface area contributed by atoms with Crippen LogP contribution in [0.5, 0.6) is 0 Å². The first kappa shape index (κ1) is 13.4. The van der Waals surface area contributed by atoms with Gasteiger partial charge in [-0.1, -0.05) is 6.92 Å². The quantitative estimate of drug-likeness (QED) is 0.710. The van der Waals surface area contributed by atoms with Crippen molar-refractivity contribution in [2.24, 2.45) is 5.73 Å². The van der Waals surface area contributed by atoms with Crippen LogP contribution in [-0.2, 0) is 9.53 Å². The highest BCUT2D eigenvalue weighted by Gasteiger charge is 2.30. The molecule has 5 nitrogen and oxygen atoms in total.